The van der Waals surface area contributed by atoms with Gasteiger partial charge in [-0.1, -0.05) is 12.1 Å². The van der Waals surface area contributed by atoms with Gasteiger partial charge < -0.3 is 15.0 Å². The number of hydrogen-bond donors (Lipinski definition) is 3. The third-order valence-corrected chi connectivity index (χ3v) is 8.33. The number of nitrogens with one attached hydrogen (secondary N) is 3. The van der Waals surface area contributed by atoms with E-state index in [2.05, 4.69) is 32.5 Å². The van der Waals surface area contributed by atoms with Crippen LogP contribution < -0.4 is 25.0 Å². The monoisotopic (exact) mass is 554 g/mol. The summed E-state index contributed by atoms with van der Waals surface area (Å²) >= 11 is 0. The SMILES string of the molecule is CN(C)c1ccc(CNS(=O)(=O)c2ccc(Nc3ccc(-c4ccc5c(c4)CNCO5)n4ccnc34)cc2)cc1. The number of pyridine rings is 1. The highest BCUT2D eigenvalue weighted by Crippen LogP contribution is 2.31. The highest BCUT2D eigenvalue weighted by atomic mass is 32.2. The molecule has 0 amide bonds. The van der Waals surface area contributed by atoms with Crippen LogP contribution in [0.4, 0.5) is 17.1 Å². The Morgan fingerprint density at radius 2 is 1.80 bits per heavy atom. The minimum Gasteiger partial charge on any atom is -0.478 e. The third-order valence-electron chi connectivity index (χ3n) is 6.91. The van der Waals surface area contributed by atoms with Crippen LogP contribution >= 0.6 is 0 Å². The number of rotatable bonds is 8. The number of imidazole rings is 1. The zero-order valence-corrected chi connectivity index (χ0v) is 23.1. The molecule has 1 aliphatic heterocycles. The summed E-state index contributed by atoms with van der Waals surface area (Å²) in [6.45, 7) is 1.50. The summed E-state index contributed by atoms with van der Waals surface area (Å²) in [7, 11) is 0.270. The van der Waals surface area contributed by atoms with E-state index in [0.717, 1.165) is 57.4 Å². The molecule has 1 aliphatic rings. The Labute approximate surface area is 233 Å². The van der Waals surface area contributed by atoms with E-state index >= 15 is 0 Å². The summed E-state index contributed by atoms with van der Waals surface area (Å²) < 4.78 is 36.2. The Bertz CT molecular complexity index is 1760. The van der Waals surface area contributed by atoms with E-state index < -0.39 is 10.0 Å². The van der Waals surface area contributed by atoms with Gasteiger partial charge in [0.05, 0.1) is 16.3 Å². The van der Waals surface area contributed by atoms with Crippen molar-refractivity contribution >= 4 is 32.7 Å². The molecule has 40 heavy (non-hydrogen) atoms. The lowest BCUT2D eigenvalue weighted by atomic mass is 10.1. The average molecular weight is 555 g/mol. The Morgan fingerprint density at radius 3 is 2.58 bits per heavy atom. The largest absolute Gasteiger partial charge is 0.478 e. The first kappa shape index (κ1) is 25.9. The lowest BCUT2D eigenvalue weighted by Gasteiger charge is -2.19. The predicted octanol–water partition coefficient (Wildman–Crippen LogP) is 4.73. The van der Waals surface area contributed by atoms with Gasteiger partial charge in [-0.15, -0.1) is 0 Å². The average Bonchev–Trinajstić information content (AvgIpc) is 3.47. The maximum absolute atomic E-state index is 12.9. The van der Waals surface area contributed by atoms with Crippen LogP contribution in [0.2, 0.25) is 0 Å². The normalized spacial score (nSPS) is 13.1. The fraction of sp³-hybridized carbons (Fsp3) is 0.167. The molecule has 0 unspecified atom stereocenters. The molecule has 2 aromatic heterocycles. The van der Waals surface area contributed by atoms with Gasteiger partial charge in [0.25, 0.3) is 0 Å². The standard InChI is InChI=1S/C30H30N6O3S/c1-35(2)25-8-3-21(4-9-25)18-33-40(37,38)26-10-6-24(7-11-26)34-27-12-13-28(36-16-15-32-30(27)36)22-5-14-29-23(17-22)19-31-20-39-29/h3-17,31,33-34H,18-20H2,1-2H3. The summed E-state index contributed by atoms with van der Waals surface area (Å²) in [4.78, 5) is 6.77. The number of aromatic nitrogens is 2. The molecule has 9 nitrogen and oxygen atoms in total. The van der Waals surface area contributed by atoms with Crippen LogP contribution in [0, 0.1) is 0 Å². The van der Waals surface area contributed by atoms with E-state index in [1.165, 1.54) is 0 Å². The molecule has 0 radical (unpaired) electrons. The quantitative estimate of drug-likeness (QED) is 0.255. The van der Waals surface area contributed by atoms with E-state index in [9.17, 15) is 8.42 Å². The van der Waals surface area contributed by atoms with Gasteiger partial charge in [-0.25, -0.2) is 18.1 Å². The smallest absolute Gasteiger partial charge is 0.240 e. The molecule has 3 heterocycles. The van der Waals surface area contributed by atoms with Crippen molar-refractivity contribution in [1.29, 1.82) is 0 Å². The summed E-state index contributed by atoms with van der Waals surface area (Å²) in [6.07, 6.45) is 3.70. The zero-order valence-electron chi connectivity index (χ0n) is 22.3. The molecule has 3 aromatic carbocycles. The Kier molecular flexibility index (Phi) is 6.89. The fourth-order valence-electron chi connectivity index (χ4n) is 4.73. The molecule has 204 valence electrons. The van der Waals surface area contributed by atoms with Crippen molar-refractivity contribution in [1.82, 2.24) is 19.4 Å². The van der Waals surface area contributed by atoms with E-state index in [0.29, 0.717) is 6.73 Å². The molecule has 5 aromatic rings. The van der Waals surface area contributed by atoms with Crippen molar-refractivity contribution in [3.63, 3.8) is 0 Å². The summed E-state index contributed by atoms with van der Waals surface area (Å²) in [5, 5.41) is 6.61. The summed E-state index contributed by atoms with van der Waals surface area (Å²) in [5.41, 5.74) is 7.48. The molecule has 0 bridgehead atoms. The minimum atomic E-state index is -3.66. The van der Waals surface area contributed by atoms with E-state index in [4.69, 9.17) is 4.74 Å². The molecule has 0 spiro atoms. The highest BCUT2D eigenvalue weighted by molar-refractivity contribution is 7.89. The number of ether oxygens (including phenoxy) is 1. The maximum Gasteiger partial charge on any atom is 0.240 e. The van der Waals surface area contributed by atoms with E-state index in [1.807, 2.05) is 72.1 Å². The second kappa shape index (κ2) is 10.6. The van der Waals surface area contributed by atoms with Gasteiger partial charge >= 0.3 is 0 Å². The highest BCUT2D eigenvalue weighted by Gasteiger charge is 2.16. The van der Waals surface area contributed by atoms with Gasteiger partial charge in [-0.2, -0.15) is 0 Å². The van der Waals surface area contributed by atoms with Gasteiger partial charge in [0, 0.05) is 56.5 Å². The van der Waals surface area contributed by atoms with Crippen molar-refractivity contribution < 1.29 is 13.2 Å². The number of anilines is 3. The number of benzene rings is 3. The summed E-state index contributed by atoms with van der Waals surface area (Å²) in [5.74, 6) is 0.905. The topological polar surface area (TPSA) is 100 Å². The van der Waals surface area contributed by atoms with Crippen molar-refractivity contribution in [2.24, 2.45) is 0 Å². The van der Waals surface area contributed by atoms with Crippen LogP contribution in [0.15, 0.2) is 96.2 Å². The number of hydrogen-bond acceptors (Lipinski definition) is 7. The summed E-state index contributed by atoms with van der Waals surface area (Å²) in [6, 6.07) is 24.7. The molecule has 10 heteroatoms. The molecule has 0 aliphatic carbocycles. The Balaban J connectivity index is 1.17. The van der Waals surface area contributed by atoms with Crippen LogP contribution in [-0.2, 0) is 23.1 Å². The van der Waals surface area contributed by atoms with Crippen LogP contribution in [0.1, 0.15) is 11.1 Å². The molecule has 0 saturated carbocycles. The van der Waals surface area contributed by atoms with E-state index in [-0.39, 0.29) is 11.4 Å². The van der Waals surface area contributed by atoms with Crippen LogP contribution in [0.25, 0.3) is 16.9 Å². The first-order chi connectivity index (χ1) is 19.4. The molecule has 0 atom stereocenters. The fourth-order valence-corrected chi connectivity index (χ4v) is 5.74. The minimum absolute atomic E-state index is 0.204. The van der Waals surface area contributed by atoms with Crippen molar-refractivity contribution in [2.75, 3.05) is 31.0 Å². The third kappa shape index (κ3) is 5.24. The Morgan fingerprint density at radius 1 is 1.00 bits per heavy atom. The van der Waals surface area contributed by atoms with Gasteiger partial charge in [0.1, 0.15) is 12.5 Å². The van der Waals surface area contributed by atoms with Crippen LogP contribution in [0.5, 0.6) is 5.75 Å². The lowest BCUT2D eigenvalue weighted by molar-refractivity contribution is 0.257. The molecular weight excluding hydrogens is 524 g/mol. The lowest BCUT2D eigenvalue weighted by Crippen LogP contribution is -2.25. The van der Waals surface area contributed by atoms with Crippen molar-refractivity contribution in [3.8, 4) is 17.0 Å². The van der Waals surface area contributed by atoms with Crippen LogP contribution in [-0.4, -0.2) is 38.6 Å². The molecule has 6 rings (SSSR count). The van der Waals surface area contributed by atoms with Crippen molar-refractivity contribution in [2.45, 2.75) is 18.0 Å². The van der Waals surface area contributed by atoms with Gasteiger partial charge in [0.2, 0.25) is 10.0 Å². The predicted molar refractivity (Wildman–Crippen MR) is 157 cm³/mol. The molecule has 3 N–H and O–H groups in total. The number of nitrogens with zero attached hydrogens (tertiary/aromatic N) is 3. The van der Waals surface area contributed by atoms with Gasteiger partial charge in [-0.3, -0.25) is 9.72 Å². The van der Waals surface area contributed by atoms with Gasteiger partial charge in [-0.05, 0) is 77.9 Å². The Hall–Kier alpha value is -4.38. The maximum atomic E-state index is 12.9. The van der Waals surface area contributed by atoms with Crippen molar-refractivity contribution in [3.05, 3.63) is 102 Å². The first-order valence-corrected chi connectivity index (χ1v) is 14.4. The number of sulfonamides is 1. The zero-order chi connectivity index (χ0) is 27.7. The molecular formula is C30H30N6O3S. The van der Waals surface area contributed by atoms with E-state index in [1.54, 1.807) is 30.5 Å². The number of fused-ring (bicyclic) bond motifs is 2. The van der Waals surface area contributed by atoms with Crippen LogP contribution in [0.3, 0.4) is 0 Å². The first-order valence-electron chi connectivity index (χ1n) is 12.9. The second-order valence-electron chi connectivity index (χ2n) is 9.83. The second-order valence-corrected chi connectivity index (χ2v) is 11.6. The molecule has 0 saturated heterocycles. The molecule has 0 fully saturated rings. The van der Waals surface area contributed by atoms with Gasteiger partial charge in [0.15, 0.2) is 5.65 Å².